The van der Waals surface area contributed by atoms with E-state index in [1.807, 2.05) is 12.1 Å². The van der Waals surface area contributed by atoms with Crippen LogP contribution in [0.25, 0.3) is 0 Å². The van der Waals surface area contributed by atoms with Crippen molar-refractivity contribution in [2.45, 2.75) is 19.3 Å². The predicted molar refractivity (Wildman–Crippen MR) is 70.3 cm³/mol. The van der Waals surface area contributed by atoms with Crippen LogP contribution in [0.3, 0.4) is 0 Å². The fourth-order valence-electron chi connectivity index (χ4n) is 2.57. The number of nitrogens with zero attached hydrogens (tertiary/aromatic N) is 1. The Morgan fingerprint density at radius 1 is 1.56 bits per heavy atom. The average Bonchev–Trinajstić information content (AvgIpc) is 2.57. The van der Waals surface area contributed by atoms with Crippen molar-refractivity contribution in [3.8, 4) is 0 Å². The van der Waals surface area contributed by atoms with Crippen molar-refractivity contribution in [3.05, 3.63) is 28.8 Å². The summed E-state index contributed by atoms with van der Waals surface area (Å²) in [5.41, 5.74) is 8.29. The molecule has 1 aliphatic rings. The molecule has 0 aromatic heterocycles. The van der Waals surface area contributed by atoms with Crippen LogP contribution in [0.4, 0.5) is 5.69 Å². The average molecular weight is 239 g/mol. The summed E-state index contributed by atoms with van der Waals surface area (Å²) >= 11 is 6.23. The topological polar surface area (TPSA) is 29.3 Å². The molecular formula is C13H19ClN2. The number of likely N-dealkylation sites (N-methyl/N-ethyl adjacent to an activating group) is 1. The minimum atomic E-state index is 0.573. The highest BCUT2D eigenvalue weighted by Crippen LogP contribution is 2.42. The monoisotopic (exact) mass is 238 g/mol. The molecule has 16 heavy (non-hydrogen) atoms. The van der Waals surface area contributed by atoms with E-state index < -0.39 is 0 Å². The third-order valence-corrected chi connectivity index (χ3v) is 3.73. The van der Waals surface area contributed by atoms with E-state index in [1.54, 1.807) is 0 Å². The summed E-state index contributed by atoms with van der Waals surface area (Å²) in [7, 11) is 2.11. The van der Waals surface area contributed by atoms with E-state index in [1.165, 1.54) is 11.3 Å². The first-order chi connectivity index (χ1) is 7.63. The Hall–Kier alpha value is -0.730. The van der Waals surface area contributed by atoms with Gasteiger partial charge in [-0.15, -0.1) is 0 Å². The summed E-state index contributed by atoms with van der Waals surface area (Å²) in [6, 6.07) is 6.20. The number of rotatable bonds is 3. The van der Waals surface area contributed by atoms with Crippen LogP contribution in [-0.4, -0.2) is 20.1 Å². The second kappa shape index (κ2) is 4.64. The number of hydrogen-bond acceptors (Lipinski definition) is 2. The Morgan fingerprint density at radius 2 is 2.31 bits per heavy atom. The maximum atomic E-state index is 6.23. The SMILES string of the molecule is CC(CN)CC1CN(C)c2c(Cl)cccc21. The van der Waals surface area contributed by atoms with E-state index >= 15 is 0 Å². The quantitative estimate of drug-likeness (QED) is 0.878. The van der Waals surface area contributed by atoms with Gasteiger partial charge in [0.2, 0.25) is 0 Å². The fraction of sp³-hybridized carbons (Fsp3) is 0.538. The molecule has 0 aliphatic carbocycles. The molecule has 1 aromatic rings. The lowest BCUT2D eigenvalue weighted by Gasteiger charge is -2.16. The number of fused-ring (bicyclic) bond motifs is 1. The van der Waals surface area contributed by atoms with Gasteiger partial charge in [-0.1, -0.05) is 30.7 Å². The van der Waals surface area contributed by atoms with Crippen molar-refractivity contribution in [2.24, 2.45) is 11.7 Å². The molecule has 1 aliphatic heterocycles. The maximum absolute atomic E-state index is 6.23. The van der Waals surface area contributed by atoms with Crippen LogP contribution in [0.5, 0.6) is 0 Å². The van der Waals surface area contributed by atoms with Crippen LogP contribution >= 0.6 is 11.6 Å². The zero-order valence-corrected chi connectivity index (χ0v) is 10.7. The van der Waals surface area contributed by atoms with E-state index in [4.69, 9.17) is 17.3 Å². The molecule has 0 bridgehead atoms. The summed E-state index contributed by atoms with van der Waals surface area (Å²) in [4.78, 5) is 2.26. The summed E-state index contributed by atoms with van der Waals surface area (Å²) < 4.78 is 0. The predicted octanol–water partition coefficient (Wildman–Crippen LogP) is 2.86. The van der Waals surface area contributed by atoms with E-state index in [-0.39, 0.29) is 0 Å². The van der Waals surface area contributed by atoms with Crippen molar-refractivity contribution < 1.29 is 0 Å². The van der Waals surface area contributed by atoms with Crippen molar-refractivity contribution in [1.82, 2.24) is 0 Å². The van der Waals surface area contributed by atoms with E-state index in [2.05, 4.69) is 24.9 Å². The van der Waals surface area contributed by atoms with Gasteiger partial charge in [0.15, 0.2) is 0 Å². The first-order valence-electron chi connectivity index (χ1n) is 5.83. The standard InChI is InChI=1S/C13H19ClN2/c1-9(7-15)6-10-8-16(2)13-11(10)4-3-5-12(13)14/h3-5,9-10H,6-8,15H2,1-2H3. The van der Waals surface area contributed by atoms with Crippen molar-refractivity contribution in [1.29, 1.82) is 0 Å². The van der Waals surface area contributed by atoms with E-state index in [0.717, 1.165) is 24.5 Å². The fourth-order valence-corrected chi connectivity index (χ4v) is 2.89. The summed E-state index contributed by atoms with van der Waals surface area (Å²) in [5, 5.41) is 0.864. The van der Waals surface area contributed by atoms with Crippen LogP contribution in [0.1, 0.15) is 24.8 Å². The molecule has 2 N–H and O–H groups in total. The molecule has 0 saturated carbocycles. The molecule has 0 fully saturated rings. The molecule has 0 amide bonds. The van der Waals surface area contributed by atoms with E-state index in [9.17, 15) is 0 Å². The number of para-hydroxylation sites is 1. The lowest BCUT2D eigenvalue weighted by atomic mass is 9.91. The van der Waals surface area contributed by atoms with Crippen LogP contribution in [0.2, 0.25) is 5.02 Å². The number of halogens is 1. The first-order valence-corrected chi connectivity index (χ1v) is 6.21. The summed E-state index contributed by atoms with van der Waals surface area (Å²) in [6.07, 6.45) is 1.15. The smallest absolute Gasteiger partial charge is 0.0642 e. The summed E-state index contributed by atoms with van der Waals surface area (Å²) in [5.74, 6) is 1.15. The van der Waals surface area contributed by atoms with Gasteiger partial charge in [-0.25, -0.2) is 0 Å². The first kappa shape index (κ1) is 11.7. The van der Waals surface area contributed by atoms with Crippen LogP contribution < -0.4 is 10.6 Å². The van der Waals surface area contributed by atoms with Gasteiger partial charge in [0, 0.05) is 19.5 Å². The second-order valence-electron chi connectivity index (χ2n) is 4.83. The van der Waals surface area contributed by atoms with Gasteiger partial charge in [-0.2, -0.15) is 0 Å². The van der Waals surface area contributed by atoms with Gasteiger partial charge in [-0.05, 0) is 30.5 Å². The second-order valence-corrected chi connectivity index (χ2v) is 5.24. The van der Waals surface area contributed by atoms with Crippen molar-refractivity contribution in [2.75, 3.05) is 25.0 Å². The maximum Gasteiger partial charge on any atom is 0.0642 e. The van der Waals surface area contributed by atoms with Crippen LogP contribution in [0, 0.1) is 5.92 Å². The highest BCUT2D eigenvalue weighted by molar-refractivity contribution is 6.33. The van der Waals surface area contributed by atoms with Gasteiger partial charge < -0.3 is 10.6 Å². The molecule has 1 aromatic carbocycles. The highest BCUT2D eigenvalue weighted by Gasteiger charge is 2.28. The lowest BCUT2D eigenvalue weighted by molar-refractivity contribution is 0.487. The molecule has 0 radical (unpaired) electrons. The van der Waals surface area contributed by atoms with Gasteiger partial charge in [0.05, 0.1) is 10.7 Å². The zero-order chi connectivity index (χ0) is 11.7. The van der Waals surface area contributed by atoms with Crippen LogP contribution in [-0.2, 0) is 0 Å². The molecule has 0 saturated heterocycles. The molecule has 88 valence electrons. The highest BCUT2D eigenvalue weighted by atomic mass is 35.5. The molecule has 0 spiro atoms. The molecular weight excluding hydrogens is 220 g/mol. The number of benzene rings is 1. The number of nitrogens with two attached hydrogens (primary N) is 1. The molecule has 2 nitrogen and oxygen atoms in total. The minimum Gasteiger partial charge on any atom is -0.373 e. The van der Waals surface area contributed by atoms with Crippen LogP contribution in [0.15, 0.2) is 18.2 Å². The van der Waals surface area contributed by atoms with Crippen molar-refractivity contribution in [3.63, 3.8) is 0 Å². The Kier molecular flexibility index (Phi) is 3.41. The largest absolute Gasteiger partial charge is 0.373 e. The Morgan fingerprint density at radius 3 is 3.00 bits per heavy atom. The third kappa shape index (κ3) is 2.04. The minimum absolute atomic E-state index is 0.573. The molecule has 3 heteroatoms. The Balaban J connectivity index is 2.26. The Bertz CT molecular complexity index is 378. The van der Waals surface area contributed by atoms with Gasteiger partial charge in [-0.3, -0.25) is 0 Å². The number of hydrogen-bond donors (Lipinski definition) is 1. The zero-order valence-electron chi connectivity index (χ0n) is 9.91. The summed E-state index contributed by atoms with van der Waals surface area (Å²) in [6.45, 7) is 4.03. The number of anilines is 1. The third-order valence-electron chi connectivity index (χ3n) is 3.42. The van der Waals surface area contributed by atoms with Gasteiger partial charge >= 0.3 is 0 Å². The normalized spacial score (nSPS) is 21.0. The molecule has 1 heterocycles. The lowest BCUT2D eigenvalue weighted by Crippen LogP contribution is -2.19. The van der Waals surface area contributed by atoms with E-state index in [0.29, 0.717) is 11.8 Å². The Labute approximate surface area is 102 Å². The van der Waals surface area contributed by atoms with Crippen molar-refractivity contribution >= 4 is 17.3 Å². The molecule has 2 atom stereocenters. The molecule has 2 rings (SSSR count). The molecule has 2 unspecified atom stereocenters. The van der Waals surface area contributed by atoms with Gasteiger partial charge in [0.1, 0.15) is 0 Å². The van der Waals surface area contributed by atoms with Gasteiger partial charge in [0.25, 0.3) is 0 Å².